The van der Waals surface area contributed by atoms with Gasteiger partial charge in [0.1, 0.15) is 5.75 Å². The first kappa shape index (κ1) is 15.7. The summed E-state index contributed by atoms with van der Waals surface area (Å²) in [5.41, 5.74) is 0.652. The Balaban J connectivity index is 1.92. The molecule has 0 atom stereocenters. The van der Waals surface area contributed by atoms with Crippen molar-refractivity contribution in [1.82, 2.24) is 9.80 Å². The Morgan fingerprint density at radius 2 is 1.67 bits per heavy atom. The first-order chi connectivity index (χ1) is 10.2. The van der Waals surface area contributed by atoms with Crippen LogP contribution in [0.2, 0.25) is 0 Å². The molecule has 2 rings (SSSR count). The van der Waals surface area contributed by atoms with E-state index in [9.17, 15) is 9.59 Å². The fraction of sp³-hybridized carbons (Fsp3) is 0.467. The van der Waals surface area contributed by atoms with Crippen molar-refractivity contribution >= 4 is 23.6 Å². The smallest absolute Gasteiger partial charge is 0.253 e. The van der Waals surface area contributed by atoms with Crippen molar-refractivity contribution in [3.63, 3.8) is 0 Å². The van der Waals surface area contributed by atoms with Crippen molar-refractivity contribution in [2.45, 2.75) is 0 Å². The van der Waals surface area contributed by atoms with Crippen LogP contribution >= 0.6 is 11.8 Å². The standard InChI is InChI=1S/C15H20N2O3S/c1-20-13-5-3-12(4-6-13)15(19)17-9-7-16(8-10-17)14(18)11-21-2/h3-6H,7-11H2,1-2H3. The number of methoxy groups -OCH3 is 1. The van der Waals surface area contributed by atoms with E-state index < -0.39 is 0 Å². The molecule has 6 heteroatoms. The number of hydrogen-bond donors (Lipinski definition) is 0. The Labute approximate surface area is 129 Å². The van der Waals surface area contributed by atoms with E-state index in [1.54, 1.807) is 36.3 Å². The predicted octanol–water partition coefficient (Wildman–Crippen LogP) is 1.34. The van der Waals surface area contributed by atoms with E-state index in [0.717, 1.165) is 5.75 Å². The molecule has 114 valence electrons. The van der Waals surface area contributed by atoms with Crippen molar-refractivity contribution < 1.29 is 14.3 Å². The summed E-state index contributed by atoms with van der Waals surface area (Å²) < 4.78 is 5.09. The van der Waals surface area contributed by atoms with Gasteiger partial charge in [0, 0.05) is 31.7 Å². The molecule has 21 heavy (non-hydrogen) atoms. The molecule has 0 unspecified atom stereocenters. The molecule has 1 aliphatic heterocycles. The van der Waals surface area contributed by atoms with Crippen molar-refractivity contribution in [3.8, 4) is 5.75 Å². The molecule has 0 radical (unpaired) electrons. The molecule has 1 saturated heterocycles. The lowest BCUT2D eigenvalue weighted by molar-refractivity contribution is -0.129. The van der Waals surface area contributed by atoms with Gasteiger partial charge < -0.3 is 14.5 Å². The topological polar surface area (TPSA) is 49.9 Å². The molecule has 0 bridgehead atoms. The van der Waals surface area contributed by atoms with Gasteiger partial charge in [-0.25, -0.2) is 0 Å². The third-order valence-corrected chi connectivity index (χ3v) is 4.06. The highest BCUT2D eigenvalue weighted by Gasteiger charge is 2.24. The zero-order valence-corrected chi connectivity index (χ0v) is 13.2. The van der Waals surface area contributed by atoms with Gasteiger partial charge in [-0.3, -0.25) is 9.59 Å². The number of benzene rings is 1. The third-order valence-electron chi connectivity index (χ3n) is 3.52. The Bertz CT molecular complexity index is 496. The van der Waals surface area contributed by atoms with E-state index in [4.69, 9.17) is 4.74 Å². The molecule has 0 aromatic heterocycles. The maximum atomic E-state index is 12.4. The summed E-state index contributed by atoms with van der Waals surface area (Å²) in [5, 5.41) is 0. The first-order valence-electron chi connectivity index (χ1n) is 6.85. The average Bonchev–Trinajstić information content (AvgIpc) is 2.54. The van der Waals surface area contributed by atoms with Gasteiger partial charge in [0.15, 0.2) is 0 Å². The number of amides is 2. The van der Waals surface area contributed by atoms with E-state index in [1.165, 1.54) is 11.8 Å². The zero-order chi connectivity index (χ0) is 15.2. The van der Waals surface area contributed by atoms with Crippen LogP contribution in [0.15, 0.2) is 24.3 Å². The van der Waals surface area contributed by atoms with E-state index in [1.807, 2.05) is 11.2 Å². The molecular formula is C15H20N2O3S. The summed E-state index contributed by atoms with van der Waals surface area (Å²) in [7, 11) is 1.60. The molecule has 0 saturated carbocycles. The molecule has 1 aliphatic rings. The van der Waals surface area contributed by atoms with Crippen LogP contribution in [-0.2, 0) is 4.79 Å². The molecule has 1 fully saturated rings. The maximum absolute atomic E-state index is 12.4. The van der Waals surface area contributed by atoms with E-state index >= 15 is 0 Å². The number of nitrogens with zero attached hydrogens (tertiary/aromatic N) is 2. The number of thioether (sulfide) groups is 1. The summed E-state index contributed by atoms with van der Waals surface area (Å²) in [4.78, 5) is 27.8. The van der Waals surface area contributed by atoms with E-state index in [0.29, 0.717) is 37.5 Å². The summed E-state index contributed by atoms with van der Waals surface area (Å²) >= 11 is 1.53. The Morgan fingerprint density at radius 1 is 1.10 bits per heavy atom. The molecule has 0 aliphatic carbocycles. The highest BCUT2D eigenvalue weighted by molar-refractivity contribution is 7.99. The third kappa shape index (κ3) is 3.91. The lowest BCUT2D eigenvalue weighted by Crippen LogP contribution is -2.51. The number of carbonyl (C=O) groups is 2. The molecule has 5 nitrogen and oxygen atoms in total. The van der Waals surface area contributed by atoms with Crippen LogP contribution in [0.3, 0.4) is 0 Å². The Morgan fingerprint density at radius 3 is 2.19 bits per heavy atom. The van der Waals surface area contributed by atoms with Gasteiger partial charge in [-0.2, -0.15) is 11.8 Å². The minimum absolute atomic E-state index is 0.00891. The van der Waals surface area contributed by atoms with Gasteiger partial charge in [-0.1, -0.05) is 0 Å². The fourth-order valence-corrected chi connectivity index (χ4v) is 2.72. The molecular weight excluding hydrogens is 288 g/mol. The fourth-order valence-electron chi connectivity index (χ4n) is 2.29. The normalized spacial score (nSPS) is 15.0. The highest BCUT2D eigenvalue weighted by Crippen LogP contribution is 2.14. The van der Waals surface area contributed by atoms with Crippen LogP contribution in [0, 0.1) is 0 Å². The van der Waals surface area contributed by atoms with Gasteiger partial charge in [-0.05, 0) is 30.5 Å². The predicted molar refractivity (Wildman–Crippen MR) is 83.9 cm³/mol. The van der Waals surface area contributed by atoms with Gasteiger partial charge in [0.05, 0.1) is 12.9 Å². The minimum atomic E-state index is 0.00891. The summed E-state index contributed by atoms with van der Waals surface area (Å²) in [5.74, 6) is 1.40. The van der Waals surface area contributed by atoms with E-state index in [-0.39, 0.29) is 11.8 Å². The van der Waals surface area contributed by atoms with Crippen LogP contribution in [0.1, 0.15) is 10.4 Å². The maximum Gasteiger partial charge on any atom is 0.253 e. The molecule has 0 spiro atoms. The van der Waals surface area contributed by atoms with Crippen LogP contribution in [0.5, 0.6) is 5.75 Å². The van der Waals surface area contributed by atoms with Crippen LogP contribution in [-0.4, -0.2) is 66.9 Å². The first-order valence-corrected chi connectivity index (χ1v) is 8.25. The molecule has 0 N–H and O–H groups in total. The van der Waals surface area contributed by atoms with Crippen LogP contribution < -0.4 is 4.74 Å². The molecule has 1 aromatic carbocycles. The average molecular weight is 308 g/mol. The highest BCUT2D eigenvalue weighted by atomic mass is 32.2. The molecule has 1 aromatic rings. The van der Waals surface area contributed by atoms with Gasteiger partial charge in [0.25, 0.3) is 5.91 Å². The van der Waals surface area contributed by atoms with Gasteiger partial charge >= 0.3 is 0 Å². The number of rotatable bonds is 4. The second-order valence-electron chi connectivity index (χ2n) is 4.83. The number of carbonyl (C=O) groups excluding carboxylic acids is 2. The Kier molecular flexibility index (Phi) is 5.50. The minimum Gasteiger partial charge on any atom is -0.497 e. The van der Waals surface area contributed by atoms with Gasteiger partial charge in [0.2, 0.25) is 5.91 Å². The summed E-state index contributed by atoms with van der Waals surface area (Å²) in [6.07, 6.45) is 1.92. The van der Waals surface area contributed by atoms with Crippen molar-refractivity contribution in [1.29, 1.82) is 0 Å². The number of hydrogen-bond acceptors (Lipinski definition) is 4. The van der Waals surface area contributed by atoms with Crippen molar-refractivity contribution in [3.05, 3.63) is 29.8 Å². The van der Waals surface area contributed by atoms with E-state index in [2.05, 4.69) is 0 Å². The largest absolute Gasteiger partial charge is 0.497 e. The van der Waals surface area contributed by atoms with Crippen molar-refractivity contribution in [2.24, 2.45) is 0 Å². The number of ether oxygens (including phenoxy) is 1. The second kappa shape index (κ2) is 7.36. The molecule has 1 heterocycles. The Hall–Kier alpha value is -1.69. The lowest BCUT2D eigenvalue weighted by atomic mass is 10.1. The SMILES string of the molecule is COc1ccc(C(=O)N2CCN(C(=O)CSC)CC2)cc1. The molecule has 2 amide bonds. The summed E-state index contributed by atoms with van der Waals surface area (Å²) in [6, 6.07) is 7.11. The zero-order valence-electron chi connectivity index (χ0n) is 12.4. The van der Waals surface area contributed by atoms with Crippen molar-refractivity contribution in [2.75, 3.05) is 45.3 Å². The monoisotopic (exact) mass is 308 g/mol. The lowest BCUT2D eigenvalue weighted by Gasteiger charge is -2.34. The van der Waals surface area contributed by atoms with Crippen LogP contribution in [0.4, 0.5) is 0 Å². The quantitative estimate of drug-likeness (QED) is 0.842. The van der Waals surface area contributed by atoms with Crippen LogP contribution in [0.25, 0.3) is 0 Å². The second-order valence-corrected chi connectivity index (χ2v) is 5.70. The number of piperazine rings is 1. The summed E-state index contributed by atoms with van der Waals surface area (Å²) in [6.45, 7) is 2.40. The van der Waals surface area contributed by atoms with Gasteiger partial charge in [-0.15, -0.1) is 0 Å².